The molecule has 3 nitrogen and oxygen atoms in total. The first-order valence-corrected chi connectivity index (χ1v) is 7.38. The molecule has 18 heavy (non-hydrogen) atoms. The second-order valence-corrected chi connectivity index (χ2v) is 6.48. The Bertz CT molecular complexity index is 225. The molecule has 0 saturated heterocycles. The van der Waals surface area contributed by atoms with Crippen LogP contribution < -0.4 is 5.73 Å². The monoisotopic (exact) mass is 257 g/mol. The molecule has 0 radical (unpaired) electrons. The molecule has 1 fully saturated rings. The Hall–Kier alpha value is -0.120. The molecule has 3 atom stereocenters. The standard InChI is InChI=1S/C15H31NO2/c1-5-17-8-9-18-14-10-13(15(2,3)4)7-6-12(14)11-16/h12-14H,5-11,16H2,1-4H3. The van der Waals surface area contributed by atoms with E-state index in [0.29, 0.717) is 30.7 Å². The smallest absolute Gasteiger partial charge is 0.0704 e. The van der Waals surface area contributed by atoms with Crippen LogP contribution >= 0.6 is 0 Å². The van der Waals surface area contributed by atoms with E-state index in [9.17, 15) is 0 Å². The Morgan fingerprint density at radius 1 is 1.17 bits per heavy atom. The van der Waals surface area contributed by atoms with Crippen molar-refractivity contribution in [2.45, 2.75) is 53.1 Å². The van der Waals surface area contributed by atoms with Gasteiger partial charge >= 0.3 is 0 Å². The maximum absolute atomic E-state index is 6.01. The molecule has 0 aliphatic heterocycles. The molecule has 0 bridgehead atoms. The first-order chi connectivity index (χ1) is 8.49. The quantitative estimate of drug-likeness (QED) is 0.744. The average Bonchev–Trinajstić information content (AvgIpc) is 2.33. The van der Waals surface area contributed by atoms with Crippen molar-refractivity contribution >= 4 is 0 Å². The van der Waals surface area contributed by atoms with E-state index < -0.39 is 0 Å². The molecule has 3 heteroatoms. The maximum atomic E-state index is 6.01. The highest BCUT2D eigenvalue weighted by Gasteiger charge is 2.35. The summed E-state index contributed by atoms with van der Waals surface area (Å²) in [4.78, 5) is 0. The van der Waals surface area contributed by atoms with E-state index >= 15 is 0 Å². The van der Waals surface area contributed by atoms with Crippen LogP contribution in [-0.2, 0) is 9.47 Å². The van der Waals surface area contributed by atoms with Gasteiger partial charge in [-0.1, -0.05) is 20.8 Å². The fourth-order valence-electron chi connectivity index (χ4n) is 2.85. The molecule has 0 aromatic rings. The van der Waals surface area contributed by atoms with Crippen LogP contribution in [0.4, 0.5) is 0 Å². The summed E-state index contributed by atoms with van der Waals surface area (Å²) in [5.41, 5.74) is 6.24. The fourth-order valence-corrected chi connectivity index (χ4v) is 2.85. The topological polar surface area (TPSA) is 44.5 Å². The summed E-state index contributed by atoms with van der Waals surface area (Å²) in [6, 6.07) is 0. The van der Waals surface area contributed by atoms with Crippen molar-refractivity contribution in [2.75, 3.05) is 26.4 Å². The third kappa shape index (κ3) is 4.87. The van der Waals surface area contributed by atoms with Gasteiger partial charge in [0.2, 0.25) is 0 Å². The van der Waals surface area contributed by atoms with Crippen LogP contribution in [0.5, 0.6) is 0 Å². The molecule has 108 valence electrons. The van der Waals surface area contributed by atoms with Crippen LogP contribution in [0.15, 0.2) is 0 Å². The van der Waals surface area contributed by atoms with E-state index in [1.165, 1.54) is 12.8 Å². The molecule has 1 saturated carbocycles. The number of hydrogen-bond acceptors (Lipinski definition) is 3. The third-order valence-corrected chi connectivity index (χ3v) is 4.22. The van der Waals surface area contributed by atoms with Gasteiger partial charge in [0.15, 0.2) is 0 Å². The molecule has 0 aromatic heterocycles. The Morgan fingerprint density at radius 3 is 2.44 bits per heavy atom. The van der Waals surface area contributed by atoms with Gasteiger partial charge in [0.1, 0.15) is 0 Å². The van der Waals surface area contributed by atoms with E-state index in [2.05, 4.69) is 20.8 Å². The van der Waals surface area contributed by atoms with Crippen LogP contribution in [0.2, 0.25) is 0 Å². The van der Waals surface area contributed by atoms with E-state index in [1.54, 1.807) is 0 Å². The average molecular weight is 257 g/mol. The Kier molecular flexibility index (Phi) is 6.61. The maximum Gasteiger partial charge on any atom is 0.0704 e. The van der Waals surface area contributed by atoms with E-state index in [0.717, 1.165) is 25.5 Å². The van der Waals surface area contributed by atoms with Gasteiger partial charge < -0.3 is 15.2 Å². The summed E-state index contributed by atoms with van der Waals surface area (Å²) in [6.07, 6.45) is 3.97. The Morgan fingerprint density at radius 2 is 1.89 bits per heavy atom. The minimum atomic E-state index is 0.327. The summed E-state index contributed by atoms with van der Waals surface area (Å²) in [5.74, 6) is 1.28. The van der Waals surface area contributed by atoms with Crippen molar-refractivity contribution in [1.29, 1.82) is 0 Å². The highest BCUT2D eigenvalue weighted by molar-refractivity contribution is 4.86. The molecule has 1 aliphatic carbocycles. The SMILES string of the molecule is CCOCCOC1CC(C(C)(C)C)CCC1CN. The lowest BCUT2D eigenvalue weighted by Crippen LogP contribution is -2.40. The Labute approximate surface area is 112 Å². The summed E-state index contributed by atoms with van der Waals surface area (Å²) in [7, 11) is 0. The highest BCUT2D eigenvalue weighted by Crippen LogP contribution is 2.40. The van der Waals surface area contributed by atoms with Crippen LogP contribution in [0, 0.1) is 17.3 Å². The number of hydrogen-bond donors (Lipinski definition) is 1. The predicted octanol–water partition coefficient (Wildman–Crippen LogP) is 2.83. The van der Waals surface area contributed by atoms with Gasteiger partial charge in [0, 0.05) is 6.61 Å². The van der Waals surface area contributed by atoms with Crippen LogP contribution in [-0.4, -0.2) is 32.5 Å². The van der Waals surface area contributed by atoms with Crippen molar-refractivity contribution < 1.29 is 9.47 Å². The van der Waals surface area contributed by atoms with Crippen molar-refractivity contribution in [1.82, 2.24) is 0 Å². The normalized spacial score (nSPS) is 29.5. The van der Waals surface area contributed by atoms with Gasteiger partial charge in [-0.3, -0.25) is 0 Å². The van der Waals surface area contributed by atoms with Crippen LogP contribution in [0.25, 0.3) is 0 Å². The molecule has 0 heterocycles. The number of nitrogens with two attached hydrogens (primary N) is 1. The lowest BCUT2D eigenvalue weighted by atomic mass is 9.68. The second-order valence-electron chi connectivity index (χ2n) is 6.48. The predicted molar refractivity (Wildman–Crippen MR) is 75.6 cm³/mol. The summed E-state index contributed by atoms with van der Waals surface area (Å²) < 4.78 is 11.3. The van der Waals surface area contributed by atoms with E-state index in [-0.39, 0.29) is 0 Å². The molecule has 3 unspecified atom stereocenters. The molecule has 2 N–H and O–H groups in total. The molecule has 1 aliphatic rings. The van der Waals surface area contributed by atoms with E-state index in [1.807, 2.05) is 6.92 Å². The van der Waals surface area contributed by atoms with Crippen LogP contribution in [0.3, 0.4) is 0 Å². The molecular formula is C15H31NO2. The summed E-state index contributed by atoms with van der Waals surface area (Å²) >= 11 is 0. The minimum absolute atomic E-state index is 0.327. The summed E-state index contributed by atoms with van der Waals surface area (Å²) in [6.45, 7) is 11.9. The third-order valence-electron chi connectivity index (χ3n) is 4.22. The number of ether oxygens (including phenoxy) is 2. The lowest BCUT2D eigenvalue weighted by Gasteiger charge is -2.41. The van der Waals surface area contributed by atoms with E-state index in [4.69, 9.17) is 15.2 Å². The first kappa shape index (κ1) is 15.9. The molecule has 1 rings (SSSR count). The highest BCUT2D eigenvalue weighted by atomic mass is 16.5. The van der Waals surface area contributed by atoms with Crippen LogP contribution in [0.1, 0.15) is 47.0 Å². The Balaban J connectivity index is 2.43. The van der Waals surface area contributed by atoms with Crippen molar-refractivity contribution in [3.63, 3.8) is 0 Å². The van der Waals surface area contributed by atoms with Gasteiger partial charge in [-0.25, -0.2) is 0 Å². The van der Waals surface area contributed by atoms with Gasteiger partial charge in [-0.05, 0) is 50.0 Å². The van der Waals surface area contributed by atoms with Gasteiger partial charge in [0.05, 0.1) is 19.3 Å². The molecular weight excluding hydrogens is 226 g/mol. The molecule has 0 aromatic carbocycles. The van der Waals surface area contributed by atoms with Gasteiger partial charge in [-0.15, -0.1) is 0 Å². The zero-order valence-corrected chi connectivity index (χ0v) is 12.6. The first-order valence-electron chi connectivity index (χ1n) is 7.38. The molecule has 0 spiro atoms. The number of rotatable bonds is 6. The largest absolute Gasteiger partial charge is 0.379 e. The molecule has 0 amide bonds. The second kappa shape index (κ2) is 7.46. The lowest BCUT2D eigenvalue weighted by molar-refractivity contribution is -0.0580. The van der Waals surface area contributed by atoms with Gasteiger partial charge in [-0.2, -0.15) is 0 Å². The van der Waals surface area contributed by atoms with Crippen molar-refractivity contribution in [3.05, 3.63) is 0 Å². The van der Waals surface area contributed by atoms with Gasteiger partial charge in [0.25, 0.3) is 0 Å². The van der Waals surface area contributed by atoms with Crippen molar-refractivity contribution in [2.24, 2.45) is 23.0 Å². The summed E-state index contributed by atoms with van der Waals surface area (Å²) in [5, 5.41) is 0. The zero-order chi connectivity index (χ0) is 13.6. The fraction of sp³-hybridized carbons (Fsp3) is 1.00. The van der Waals surface area contributed by atoms with Crippen molar-refractivity contribution in [3.8, 4) is 0 Å². The zero-order valence-electron chi connectivity index (χ0n) is 12.6. The minimum Gasteiger partial charge on any atom is -0.379 e.